The Balaban J connectivity index is 1.75. The lowest BCUT2D eigenvalue weighted by Crippen LogP contribution is -2.23. The van der Waals surface area contributed by atoms with Crippen LogP contribution in [0.3, 0.4) is 0 Å². The van der Waals surface area contributed by atoms with Gasteiger partial charge in [0.25, 0.3) is 5.91 Å². The molecular formula is C16H14FN3O2. The van der Waals surface area contributed by atoms with Crippen molar-refractivity contribution < 1.29 is 13.9 Å². The summed E-state index contributed by atoms with van der Waals surface area (Å²) in [6, 6.07) is 9.38. The smallest absolute Gasteiger partial charge is 0.251 e. The van der Waals surface area contributed by atoms with Gasteiger partial charge in [0.1, 0.15) is 11.6 Å². The summed E-state index contributed by atoms with van der Waals surface area (Å²) < 4.78 is 18.4. The van der Waals surface area contributed by atoms with Gasteiger partial charge in [0.15, 0.2) is 0 Å². The minimum absolute atomic E-state index is 0.181. The molecule has 6 heteroatoms. The first kappa shape index (κ1) is 14.1. The Hall–Kier alpha value is -2.89. The minimum atomic E-state index is -0.371. The summed E-state index contributed by atoms with van der Waals surface area (Å²) in [4.78, 5) is 19.2. The summed E-state index contributed by atoms with van der Waals surface area (Å²) in [5.41, 5.74) is 2.67. The molecular weight excluding hydrogens is 285 g/mol. The number of rotatable bonds is 4. The molecule has 0 aliphatic rings. The molecule has 0 bridgehead atoms. The summed E-state index contributed by atoms with van der Waals surface area (Å²) in [6.07, 6.45) is 1.57. The fraction of sp³-hybridized carbons (Fsp3) is 0.125. The molecule has 2 N–H and O–H groups in total. The first-order valence-electron chi connectivity index (χ1n) is 6.71. The molecule has 2 aromatic carbocycles. The molecule has 5 nitrogen and oxygen atoms in total. The van der Waals surface area contributed by atoms with Crippen LogP contribution in [0.5, 0.6) is 5.75 Å². The van der Waals surface area contributed by atoms with Crippen LogP contribution >= 0.6 is 0 Å². The second kappa shape index (κ2) is 5.85. The third-order valence-electron chi connectivity index (χ3n) is 3.36. The lowest BCUT2D eigenvalue weighted by atomic mass is 10.1. The monoisotopic (exact) mass is 299 g/mol. The van der Waals surface area contributed by atoms with E-state index in [2.05, 4.69) is 15.3 Å². The third-order valence-corrected chi connectivity index (χ3v) is 3.36. The zero-order valence-corrected chi connectivity index (χ0v) is 11.9. The van der Waals surface area contributed by atoms with E-state index >= 15 is 0 Å². The van der Waals surface area contributed by atoms with Crippen LogP contribution in [0.1, 0.15) is 15.9 Å². The average Bonchev–Trinajstić information content (AvgIpc) is 3.00. The summed E-state index contributed by atoms with van der Waals surface area (Å²) >= 11 is 0. The van der Waals surface area contributed by atoms with Gasteiger partial charge in [-0.05, 0) is 36.4 Å². The Bertz CT molecular complexity index is 829. The van der Waals surface area contributed by atoms with Crippen LogP contribution in [0.2, 0.25) is 0 Å². The van der Waals surface area contributed by atoms with Crippen LogP contribution < -0.4 is 10.1 Å². The molecule has 3 aromatic rings. The zero-order chi connectivity index (χ0) is 15.5. The minimum Gasteiger partial charge on any atom is -0.496 e. The SMILES string of the molecule is COc1ccc(F)cc1CNC(=O)c1ccc2nc[nH]c2c1. The highest BCUT2D eigenvalue weighted by atomic mass is 19.1. The molecule has 0 aliphatic carbocycles. The number of hydrogen-bond acceptors (Lipinski definition) is 3. The highest BCUT2D eigenvalue weighted by molar-refractivity contribution is 5.97. The molecule has 0 saturated carbocycles. The number of fused-ring (bicyclic) bond motifs is 1. The Morgan fingerprint density at radius 3 is 3.00 bits per heavy atom. The second-order valence-electron chi connectivity index (χ2n) is 4.77. The van der Waals surface area contributed by atoms with Crippen molar-refractivity contribution in [1.29, 1.82) is 0 Å². The largest absolute Gasteiger partial charge is 0.496 e. The van der Waals surface area contributed by atoms with E-state index in [-0.39, 0.29) is 18.3 Å². The lowest BCUT2D eigenvalue weighted by molar-refractivity contribution is 0.0950. The van der Waals surface area contributed by atoms with Crippen LogP contribution in [0.25, 0.3) is 11.0 Å². The molecule has 0 atom stereocenters. The number of nitrogens with one attached hydrogen (secondary N) is 2. The van der Waals surface area contributed by atoms with Gasteiger partial charge in [0.05, 0.1) is 24.5 Å². The predicted octanol–water partition coefficient (Wildman–Crippen LogP) is 2.64. The highest BCUT2D eigenvalue weighted by Crippen LogP contribution is 2.19. The number of ether oxygens (including phenoxy) is 1. The Kier molecular flexibility index (Phi) is 3.74. The fourth-order valence-electron chi connectivity index (χ4n) is 2.24. The molecule has 1 heterocycles. The standard InChI is InChI=1S/C16H14FN3O2/c1-22-15-5-3-12(17)6-11(15)8-18-16(21)10-2-4-13-14(7-10)20-9-19-13/h2-7,9H,8H2,1H3,(H,18,21)(H,19,20). The van der Waals surface area contributed by atoms with Gasteiger partial charge in [-0.25, -0.2) is 9.37 Å². The summed E-state index contributed by atoms with van der Waals surface area (Å²) in [5, 5.41) is 2.75. The van der Waals surface area contributed by atoms with Crippen LogP contribution in [0.4, 0.5) is 4.39 Å². The predicted molar refractivity (Wildman–Crippen MR) is 80.2 cm³/mol. The van der Waals surface area contributed by atoms with Crippen molar-refractivity contribution in [1.82, 2.24) is 15.3 Å². The number of carbonyl (C=O) groups is 1. The van der Waals surface area contributed by atoms with E-state index in [0.29, 0.717) is 16.9 Å². The Morgan fingerprint density at radius 1 is 1.32 bits per heavy atom. The number of hydrogen-bond donors (Lipinski definition) is 2. The van der Waals surface area contributed by atoms with Crippen LogP contribution in [0, 0.1) is 5.82 Å². The van der Waals surface area contributed by atoms with Crippen molar-refractivity contribution in [2.75, 3.05) is 7.11 Å². The van der Waals surface area contributed by atoms with Gasteiger partial charge in [-0.15, -0.1) is 0 Å². The van der Waals surface area contributed by atoms with Gasteiger partial charge in [-0.1, -0.05) is 0 Å². The molecule has 0 fully saturated rings. The van der Waals surface area contributed by atoms with Gasteiger partial charge >= 0.3 is 0 Å². The number of amides is 1. The Labute approximate surface area is 126 Å². The van der Waals surface area contributed by atoms with Crippen molar-refractivity contribution >= 4 is 16.9 Å². The number of carbonyl (C=O) groups excluding carboxylic acids is 1. The molecule has 112 valence electrons. The third kappa shape index (κ3) is 2.76. The van der Waals surface area contributed by atoms with E-state index in [1.54, 1.807) is 24.5 Å². The molecule has 1 amide bonds. The van der Waals surface area contributed by atoms with Crippen molar-refractivity contribution in [2.45, 2.75) is 6.54 Å². The second-order valence-corrected chi connectivity index (χ2v) is 4.77. The molecule has 0 spiro atoms. The number of benzene rings is 2. The molecule has 1 aromatic heterocycles. The topological polar surface area (TPSA) is 67.0 Å². The van der Waals surface area contributed by atoms with Gasteiger partial charge in [0, 0.05) is 17.7 Å². The molecule has 0 radical (unpaired) electrons. The van der Waals surface area contributed by atoms with Crippen LogP contribution in [-0.4, -0.2) is 23.0 Å². The number of H-pyrrole nitrogens is 1. The maximum absolute atomic E-state index is 13.3. The van der Waals surface area contributed by atoms with E-state index in [0.717, 1.165) is 11.0 Å². The van der Waals surface area contributed by atoms with E-state index in [4.69, 9.17) is 4.74 Å². The Morgan fingerprint density at radius 2 is 2.18 bits per heavy atom. The maximum atomic E-state index is 13.3. The highest BCUT2D eigenvalue weighted by Gasteiger charge is 2.10. The van der Waals surface area contributed by atoms with Gasteiger partial charge in [-0.3, -0.25) is 4.79 Å². The molecule has 0 aliphatic heterocycles. The summed E-state index contributed by atoms with van der Waals surface area (Å²) in [6.45, 7) is 0.181. The van der Waals surface area contributed by atoms with E-state index < -0.39 is 0 Å². The quantitative estimate of drug-likeness (QED) is 0.778. The van der Waals surface area contributed by atoms with Crippen molar-refractivity contribution in [3.05, 3.63) is 59.7 Å². The normalized spacial score (nSPS) is 10.6. The number of aromatic nitrogens is 2. The number of halogens is 1. The maximum Gasteiger partial charge on any atom is 0.251 e. The van der Waals surface area contributed by atoms with Crippen molar-refractivity contribution in [2.24, 2.45) is 0 Å². The van der Waals surface area contributed by atoms with Gasteiger partial charge in [0.2, 0.25) is 0 Å². The fourth-order valence-corrected chi connectivity index (χ4v) is 2.24. The van der Waals surface area contributed by atoms with Crippen LogP contribution in [0.15, 0.2) is 42.7 Å². The molecule has 3 rings (SSSR count). The zero-order valence-electron chi connectivity index (χ0n) is 11.9. The molecule has 22 heavy (non-hydrogen) atoms. The van der Waals surface area contributed by atoms with Crippen molar-refractivity contribution in [3.63, 3.8) is 0 Å². The van der Waals surface area contributed by atoms with E-state index in [1.807, 2.05) is 0 Å². The van der Waals surface area contributed by atoms with Gasteiger partial charge in [-0.2, -0.15) is 0 Å². The lowest BCUT2D eigenvalue weighted by Gasteiger charge is -2.10. The molecule has 0 unspecified atom stereocenters. The van der Waals surface area contributed by atoms with E-state index in [1.165, 1.54) is 25.3 Å². The number of aromatic amines is 1. The number of methoxy groups -OCH3 is 1. The first-order chi connectivity index (χ1) is 10.7. The van der Waals surface area contributed by atoms with E-state index in [9.17, 15) is 9.18 Å². The first-order valence-corrected chi connectivity index (χ1v) is 6.71. The van der Waals surface area contributed by atoms with Gasteiger partial charge < -0.3 is 15.0 Å². The molecule has 0 saturated heterocycles. The number of imidazole rings is 1. The summed E-state index contributed by atoms with van der Waals surface area (Å²) in [5.74, 6) is -0.0857. The summed E-state index contributed by atoms with van der Waals surface area (Å²) in [7, 11) is 1.50. The van der Waals surface area contributed by atoms with Crippen LogP contribution in [-0.2, 0) is 6.54 Å². The average molecular weight is 299 g/mol. The number of nitrogens with zero attached hydrogens (tertiary/aromatic N) is 1. The van der Waals surface area contributed by atoms with Crippen molar-refractivity contribution in [3.8, 4) is 5.75 Å².